The molecule has 0 aliphatic heterocycles. The third-order valence-electron chi connectivity index (χ3n) is 2.07. The second-order valence-corrected chi connectivity index (χ2v) is 3.34. The van der Waals surface area contributed by atoms with Crippen LogP contribution in [0.4, 0.5) is 5.69 Å². The number of nitrogens with zero attached hydrogens (tertiary/aromatic N) is 3. The predicted octanol–water partition coefficient (Wildman–Crippen LogP) is 2.49. The largest absolute Gasteiger partial charge is 0.448 e. The van der Waals surface area contributed by atoms with Crippen LogP contribution < -0.4 is 4.74 Å². The minimum absolute atomic E-state index is 0.149. The molecule has 0 aliphatic carbocycles. The van der Waals surface area contributed by atoms with Crippen molar-refractivity contribution in [1.29, 1.82) is 0 Å². The van der Waals surface area contributed by atoms with E-state index in [9.17, 15) is 10.1 Å². The molecule has 0 N–H and O–H groups in total. The number of aryl methyl sites for hydroxylation is 1. The predicted molar refractivity (Wildman–Crippen MR) is 59.9 cm³/mol. The van der Waals surface area contributed by atoms with Crippen molar-refractivity contribution >= 4 is 5.69 Å². The molecule has 0 radical (unpaired) electrons. The van der Waals surface area contributed by atoms with Crippen molar-refractivity contribution in [2.24, 2.45) is 0 Å². The van der Waals surface area contributed by atoms with Crippen LogP contribution in [0, 0.1) is 17.0 Å². The smallest absolute Gasteiger partial charge is 0.329 e. The van der Waals surface area contributed by atoms with E-state index in [1.165, 1.54) is 18.5 Å². The maximum Gasteiger partial charge on any atom is 0.329 e. The van der Waals surface area contributed by atoms with Gasteiger partial charge < -0.3 is 4.74 Å². The summed E-state index contributed by atoms with van der Waals surface area (Å²) in [4.78, 5) is 17.9. The standard InChI is InChI=1S/C11H9N3O3/c1-8-2-3-9(6-13-8)17-11-4-5-12-7-10(11)14(15)16/h2-7H,1H3. The molecule has 17 heavy (non-hydrogen) atoms. The molecule has 6 heteroatoms. The Morgan fingerprint density at radius 2 is 2.12 bits per heavy atom. The van der Waals surface area contributed by atoms with Gasteiger partial charge in [-0.3, -0.25) is 20.1 Å². The van der Waals surface area contributed by atoms with E-state index in [1.807, 2.05) is 6.92 Å². The van der Waals surface area contributed by atoms with Crippen molar-refractivity contribution in [3.63, 3.8) is 0 Å². The Hall–Kier alpha value is -2.50. The molecule has 6 nitrogen and oxygen atoms in total. The summed E-state index contributed by atoms with van der Waals surface area (Å²) in [6, 6.07) is 4.91. The molecule has 0 aromatic carbocycles. The van der Waals surface area contributed by atoms with Crippen molar-refractivity contribution in [2.75, 3.05) is 0 Å². The first-order chi connectivity index (χ1) is 8.16. The van der Waals surface area contributed by atoms with E-state index in [0.29, 0.717) is 5.75 Å². The van der Waals surface area contributed by atoms with Crippen LogP contribution in [-0.2, 0) is 0 Å². The van der Waals surface area contributed by atoms with Gasteiger partial charge in [0.25, 0.3) is 0 Å². The van der Waals surface area contributed by atoms with Crippen molar-refractivity contribution in [2.45, 2.75) is 6.92 Å². The molecule has 0 fully saturated rings. The first kappa shape index (κ1) is 11.0. The molecular formula is C11H9N3O3. The summed E-state index contributed by atoms with van der Waals surface area (Å²) in [5.74, 6) is 0.598. The number of aromatic nitrogens is 2. The second kappa shape index (κ2) is 4.56. The summed E-state index contributed by atoms with van der Waals surface area (Å²) in [5.41, 5.74) is 0.676. The van der Waals surface area contributed by atoms with Gasteiger partial charge in [-0.25, -0.2) is 0 Å². The summed E-state index contributed by atoms with van der Waals surface area (Å²) in [6.45, 7) is 1.85. The number of hydrogen-bond donors (Lipinski definition) is 0. The van der Waals surface area contributed by atoms with E-state index < -0.39 is 4.92 Å². The second-order valence-electron chi connectivity index (χ2n) is 3.34. The molecular weight excluding hydrogens is 222 g/mol. The number of pyridine rings is 2. The fourth-order valence-corrected chi connectivity index (χ4v) is 1.24. The zero-order valence-electron chi connectivity index (χ0n) is 9.03. The Labute approximate surface area is 97.1 Å². The molecule has 0 atom stereocenters. The van der Waals surface area contributed by atoms with Gasteiger partial charge in [0.2, 0.25) is 5.75 Å². The fraction of sp³-hybridized carbons (Fsp3) is 0.0909. The van der Waals surface area contributed by atoms with Crippen LogP contribution in [0.15, 0.2) is 36.8 Å². The highest BCUT2D eigenvalue weighted by atomic mass is 16.6. The maximum absolute atomic E-state index is 10.7. The zero-order chi connectivity index (χ0) is 12.3. The number of rotatable bonds is 3. The van der Waals surface area contributed by atoms with Crippen LogP contribution in [0.2, 0.25) is 0 Å². The van der Waals surface area contributed by atoms with E-state index in [1.54, 1.807) is 12.1 Å². The minimum Gasteiger partial charge on any atom is -0.448 e. The number of ether oxygens (including phenoxy) is 1. The first-order valence-corrected chi connectivity index (χ1v) is 4.86. The molecule has 0 saturated carbocycles. The van der Waals surface area contributed by atoms with Crippen molar-refractivity contribution in [3.8, 4) is 11.5 Å². The van der Waals surface area contributed by atoms with Gasteiger partial charge in [-0.1, -0.05) is 0 Å². The van der Waals surface area contributed by atoms with Crippen LogP contribution in [0.25, 0.3) is 0 Å². The van der Waals surface area contributed by atoms with Gasteiger partial charge in [0.05, 0.1) is 11.1 Å². The summed E-state index contributed by atoms with van der Waals surface area (Å²) in [5, 5.41) is 10.7. The average molecular weight is 231 g/mol. The van der Waals surface area contributed by atoms with Gasteiger partial charge in [-0.2, -0.15) is 0 Å². The lowest BCUT2D eigenvalue weighted by Crippen LogP contribution is -1.94. The lowest BCUT2D eigenvalue weighted by Gasteiger charge is -2.05. The maximum atomic E-state index is 10.7. The molecule has 0 aliphatic rings. The van der Waals surface area contributed by atoms with Crippen LogP contribution in [-0.4, -0.2) is 14.9 Å². The van der Waals surface area contributed by atoms with E-state index in [4.69, 9.17) is 4.74 Å². The van der Waals surface area contributed by atoms with Gasteiger partial charge >= 0.3 is 5.69 Å². The van der Waals surface area contributed by atoms with Crippen LogP contribution in [0.3, 0.4) is 0 Å². The van der Waals surface area contributed by atoms with Crippen LogP contribution in [0.5, 0.6) is 11.5 Å². The van der Waals surface area contributed by atoms with Crippen molar-refractivity contribution < 1.29 is 9.66 Å². The van der Waals surface area contributed by atoms with Crippen molar-refractivity contribution in [1.82, 2.24) is 9.97 Å². The fourth-order valence-electron chi connectivity index (χ4n) is 1.24. The highest BCUT2D eigenvalue weighted by Gasteiger charge is 2.15. The monoisotopic (exact) mass is 231 g/mol. The molecule has 0 unspecified atom stereocenters. The third kappa shape index (κ3) is 2.54. The Balaban J connectivity index is 2.30. The van der Waals surface area contributed by atoms with E-state index >= 15 is 0 Å². The van der Waals surface area contributed by atoms with E-state index in [0.717, 1.165) is 11.9 Å². The third-order valence-corrected chi connectivity index (χ3v) is 2.07. The minimum atomic E-state index is -0.538. The molecule has 0 spiro atoms. The normalized spacial score (nSPS) is 9.94. The molecule has 0 amide bonds. The zero-order valence-corrected chi connectivity index (χ0v) is 9.03. The van der Waals surface area contributed by atoms with Gasteiger partial charge in [0.1, 0.15) is 11.9 Å². The Morgan fingerprint density at radius 1 is 1.29 bits per heavy atom. The van der Waals surface area contributed by atoms with E-state index in [-0.39, 0.29) is 11.4 Å². The quantitative estimate of drug-likeness (QED) is 0.599. The van der Waals surface area contributed by atoms with E-state index in [2.05, 4.69) is 9.97 Å². The molecule has 0 saturated heterocycles. The van der Waals surface area contributed by atoms with Gasteiger partial charge in [-0.15, -0.1) is 0 Å². The summed E-state index contributed by atoms with van der Waals surface area (Å²) >= 11 is 0. The van der Waals surface area contributed by atoms with Gasteiger partial charge in [0.15, 0.2) is 0 Å². The average Bonchev–Trinajstić information content (AvgIpc) is 2.32. The highest BCUT2D eigenvalue weighted by Crippen LogP contribution is 2.29. The molecule has 0 bridgehead atoms. The topological polar surface area (TPSA) is 78.2 Å². The summed E-state index contributed by atoms with van der Waals surface area (Å²) in [6.07, 6.45) is 4.10. The van der Waals surface area contributed by atoms with Crippen LogP contribution >= 0.6 is 0 Å². The Bertz CT molecular complexity index is 540. The Morgan fingerprint density at radius 3 is 2.76 bits per heavy atom. The highest BCUT2D eigenvalue weighted by molar-refractivity contribution is 5.45. The van der Waals surface area contributed by atoms with Gasteiger partial charge in [-0.05, 0) is 19.1 Å². The van der Waals surface area contributed by atoms with Crippen molar-refractivity contribution in [3.05, 3.63) is 52.6 Å². The van der Waals surface area contributed by atoms with Gasteiger partial charge in [0, 0.05) is 18.0 Å². The lowest BCUT2D eigenvalue weighted by molar-refractivity contribution is -0.386. The van der Waals surface area contributed by atoms with Crippen LogP contribution in [0.1, 0.15) is 5.69 Å². The summed E-state index contributed by atoms with van der Waals surface area (Å²) < 4.78 is 5.38. The molecule has 2 heterocycles. The molecule has 2 rings (SSSR count). The molecule has 2 aromatic heterocycles. The lowest BCUT2D eigenvalue weighted by atomic mass is 10.3. The first-order valence-electron chi connectivity index (χ1n) is 4.86. The summed E-state index contributed by atoms with van der Waals surface area (Å²) in [7, 11) is 0. The molecule has 2 aromatic rings. The Kier molecular flexibility index (Phi) is 2.95. The molecule has 86 valence electrons. The number of nitro groups is 1. The SMILES string of the molecule is Cc1ccc(Oc2ccncc2[N+](=O)[O-])cn1. The number of hydrogen-bond acceptors (Lipinski definition) is 5.